The Morgan fingerprint density at radius 3 is 2.83 bits per heavy atom. The first kappa shape index (κ1) is 15.9. The van der Waals surface area contributed by atoms with Crippen LogP contribution in [0.3, 0.4) is 0 Å². The van der Waals surface area contributed by atoms with Crippen LogP contribution in [0, 0.1) is 5.92 Å². The SMILES string of the molecule is NC(=O)C1(NC(=O)c2cn(C[C@@H]3CCCNC3)nn2)CCCC1. The number of amides is 2. The standard InChI is InChI=1S/C15H24N6O2/c16-14(23)15(5-1-2-6-15)18-13(22)12-10-21(20-19-12)9-11-4-3-7-17-8-11/h10-11,17H,1-9H2,(H2,16,23)(H,18,22)/t11-/m1/s1. The molecule has 8 heteroatoms. The average Bonchev–Trinajstić information content (AvgIpc) is 3.18. The maximum Gasteiger partial charge on any atom is 0.274 e. The van der Waals surface area contributed by atoms with Gasteiger partial charge in [-0.2, -0.15) is 0 Å². The Morgan fingerprint density at radius 2 is 2.17 bits per heavy atom. The lowest BCUT2D eigenvalue weighted by Gasteiger charge is -2.25. The highest BCUT2D eigenvalue weighted by atomic mass is 16.2. The second-order valence-corrected chi connectivity index (χ2v) is 6.65. The molecule has 0 bridgehead atoms. The highest BCUT2D eigenvalue weighted by Crippen LogP contribution is 2.29. The molecule has 1 aromatic rings. The van der Waals surface area contributed by atoms with Gasteiger partial charge in [-0.05, 0) is 44.7 Å². The predicted octanol–water partition coefficient (Wildman–Crippen LogP) is -0.194. The molecule has 1 aliphatic carbocycles. The third-order valence-electron chi connectivity index (χ3n) is 4.90. The maximum absolute atomic E-state index is 12.4. The Labute approximate surface area is 135 Å². The third kappa shape index (κ3) is 3.52. The minimum Gasteiger partial charge on any atom is -0.368 e. The van der Waals surface area contributed by atoms with Gasteiger partial charge in [-0.3, -0.25) is 14.3 Å². The molecule has 1 atom stereocenters. The first-order valence-electron chi connectivity index (χ1n) is 8.32. The van der Waals surface area contributed by atoms with Crippen molar-refractivity contribution in [3.8, 4) is 0 Å². The molecule has 1 saturated carbocycles. The van der Waals surface area contributed by atoms with Crippen molar-refractivity contribution in [1.82, 2.24) is 25.6 Å². The lowest BCUT2D eigenvalue weighted by molar-refractivity contribution is -0.123. The summed E-state index contributed by atoms with van der Waals surface area (Å²) in [5.74, 6) is -0.337. The topological polar surface area (TPSA) is 115 Å². The number of aromatic nitrogens is 3. The molecule has 126 valence electrons. The summed E-state index contributed by atoms with van der Waals surface area (Å²) in [7, 11) is 0. The van der Waals surface area contributed by atoms with Crippen LogP contribution in [-0.4, -0.2) is 45.4 Å². The summed E-state index contributed by atoms with van der Waals surface area (Å²) < 4.78 is 1.71. The van der Waals surface area contributed by atoms with Gasteiger partial charge in [0.2, 0.25) is 5.91 Å². The van der Waals surface area contributed by atoms with Crippen molar-refractivity contribution in [3.63, 3.8) is 0 Å². The summed E-state index contributed by atoms with van der Waals surface area (Å²) in [5.41, 5.74) is 4.80. The van der Waals surface area contributed by atoms with Gasteiger partial charge in [0, 0.05) is 6.54 Å². The average molecular weight is 320 g/mol. The molecule has 2 aliphatic rings. The minimum atomic E-state index is -0.922. The summed E-state index contributed by atoms with van der Waals surface area (Å²) >= 11 is 0. The summed E-state index contributed by atoms with van der Waals surface area (Å²) in [6.07, 6.45) is 6.93. The lowest BCUT2D eigenvalue weighted by atomic mass is 9.96. The van der Waals surface area contributed by atoms with E-state index in [0.29, 0.717) is 18.8 Å². The predicted molar refractivity (Wildman–Crippen MR) is 83.5 cm³/mol. The summed E-state index contributed by atoms with van der Waals surface area (Å²) in [6, 6.07) is 0. The Bertz CT molecular complexity index is 572. The number of primary amides is 1. The van der Waals surface area contributed by atoms with Gasteiger partial charge >= 0.3 is 0 Å². The number of hydrogen-bond acceptors (Lipinski definition) is 5. The van der Waals surface area contributed by atoms with E-state index in [1.54, 1.807) is 10.9 Å². The van der Waals surface area contributed by atoms with Gasteiger partial charge in [-0.15, -0.1) is 5.10 Å². The molecule has 0 aromatic carbocycles. The van der Waals surface area contributed by atoms with Crippen LogP contribution in [0.5, 0.6) is 0 Å². The molecule has 3 rings (SSSR count). The second-order valence-electron chi connectivity index (χ2n) is 6.65. The smallest absolute Gasteiger partial charge is 0.274 e. The van der Waals surface area contributed by atoms with Gasteiger partial charge in [0.05, 0.1) is 6.20 Å². The van der Waals surface area contributed by atoms with E-state index in [1.165, 1.54) is 0 Å². The number of nitrogens with one attached hydrogen (secondary N) is 2. The van der Waals surface area contributed by atoms with E-state index in [1.807, 2.05) is 0 Å². The molecule has 0 spiro atoms. The Kier molecular flexibility index (Phi) is 4.61. The molecular weight excluding hydrogens is 296 g/mol. The Hall–Kier alpha value is -1.96. The fourth-order valence-corrected chi connectivity index (χ4v) is 3.53. The van der Waals surface area contributed by atoms with Gasteiger partial charge in [-0.1, -0.05) is 18.1 Å². The molecule has 0 unspecified atom stereocenters. The van der Waals surface area contributed by atoms with Crippen LogP contribution in [0.15, 0.2) is 6.20 Å². The van der Waals surface area contributed by atoms with E-state index in [4.69, 9.17) is 5.73 Å². The molecule has 4 N–H and O–H groups in total. The molecule has 1 aliphatic heterocycles. The molecule has 2 amide bonds. The van der Waals surface area contributed by atoms with Gasteiger partial charge in [0.25, 0.3) is 5.91 Å². The second kappa shape index (κ2) is 6.66. The number of carbonyl (C=O) groups excluding carboxylic acids is 2. The summed E-state index contributed by atoms with van der Waals surface area (Å²) in [4.78, 5) is 24.1. The fraction of sp³-hybridized carbons (Fsp3) is 0.733. The fourth-order valence-electron chi connectivity index (χ4n) is 3.53. The van der Waals surface area contributed by atoms with Crippen LogP contribution in [-0.2, 0) is 11.3 Å². The van der Waals surface area contributed by atoms with Crippen LogP contribution < -0.4 is 16.4 Å². The van der Waals surface area contributed by atoms with Crippen molar-refractivity contribution in [2.24, 2.45) is 11.7 Å². The zero-order valence-corrected chi connectivity index (χ0v) is 13.3. The van der Waals surface area contributed by atoms with E-state index in [0.717, 1.165) is 45.3 Å². The van der Waals surface area contributed by atoms with Crippen LogP contribution in [0.25, 0.3) is 0 Å². The van der Waals surface area contributed by atoms with Gasteiger partial charge in [0.15, 0.2) is 5.69 Å². The van der Waals surface area contributed by atoms with Crippen molar-refractivity contribution < 1.29 is 9.59 Å². The summed E-state index contributed by atoms with van der Waals surface area (Å²) in [6.45, 7) is 2.77. The van der Waals surface area contributed by atoms with Crippen molar-refractivity contribution in [2.45, 2.75) is 50.6 Å². The first-order chi connectivity index (χ1) is 11.1. The van der Waals surface area contributed by atoms with Crippen molar-refractivity contribution in [2.75, 3.05) is 13.1 Å². The molecule has 1 saturated heterocycles. The quantitative estimate of drug-likeness (QED) is 0.695. The number of carbonyl (C=O) groups is 2. The molecular formula is C15H24N6O2. The van der Waals surface area contributed by atoms with Crippen LogP contribution in [0.2, 0.25) is 0 Å². The van der Waals surface area contributed by atoms with Gasteiger partial charge < -0.3 is 16.4 Å². The monoisotopic (exact) mass is 320 g/mol. The van der Waals surface area contributed by atoms with E-state index < -0.39 is 11.4 Å². The number of nitrogens with two attached hydrogens (primary N) is 1. The zero-order chi connectivity index (χ0) is 16.3. The Balaban J connectivity index is 1.62. The first-order valence-corrected chi connectivity index (χ1v) is 8.32. The largest absolute Gasteiger partial charge is 0.368 e. The van der Waals surface area contributed by atoms with Gasteiger partial charge in [-0.25, -0.2) is 0 Å². The summed E-state index contributed by atoms with van der Waals surface area (Å²) in [5, 5.41) is 14.1. The molecule has 2 heterocycles. The van der Waals surface area contributed by atoms with E-state index in [2.05, 4.69) is 20.9 Å². The number of nitrogens with zero attached hydrogens (tertiary/aromatic N) is 3. The van der Waals surface area contributed by atoms with Crippen LogP contribution in [0.4, 0.5) is 0 Å². The Morgan fingerprint density at radius 1 is 1.39 bits per heavy atom. The molecule has 23 heavy (non-hydrogen) atoms. The highest BCUT2D eigenvalue weighted by molar-refractivity contribution is 5.97. The molecule has 8 nitrogen and oxygen atoms in total. The highest BCUT2D eigenvalue weighted by Gasteiger charge is 2.41. The van der Waals surface area contributed by atoms with Crippen LogP contribution in [0.1, 0.15) is 49.0 Å². The number of piperidine rings is 1. The number of rotatable bonds is 5. The van der Waals surface area contributed by atoms with Crippen molar-refractivity contribution in [3.05, 3.63) is 11.9 Å². The zero-order valence-electron chi connectivity index (χ0n) is 13.3. The van der Waals surface area contributed by atoms with E-state index >= 15 is 0 Å². The van der Waals surface area contributed by atoms with E-state index in [-0.39, 0.29) is 11.6 Å². The third-order valence-corrected chi connectivity index (χ3v) is 4.90. The molecule has 2 fully saturated rings. The normalized spacial score (nSPS) is 23.6. The number of hydrogen-bond donors (Lipinski definition) is 3. The minimum absolute atomic E-state index is 0.237. The van der Waals surface area contributed by atoms with E-state index in [9.17, 15) is 9.59 Å². The molecule has 0 radical (unpaired) electrons. The molecule has 1 aromatic heterocycles. The lowest BCUT2D eigenvalue weighted by Crippen LogP contribution is -2.55. The van der Waals surface area contributed by atoms with Crippen molar-refractivity contribution in [1.29, 1.82) is 0 Å². The maximum atomic E-state index is 12.4. The van der Waals surface area contributed by atoms with Gasteiger partial charge in [0.1, 0.15) is 5.54 Å². The van der Waals surface area contributed by atoms with Crippen LogP contribution >= 0.6 is 0 Å². The van der Waals surface area contributed by atoms with Crippen molar-refractivity contribution >= 4 is 11.8 Å².